The van der Waals surface area contributed by atoms with Gasteiger partial charge in [0.05, 0.1) is 6.26 Å². The van der Waals surface area contributed by atoms with Gasteiger partial charge in [-0.25, -0.2) is 0 Å². The van der Waals surface area contributed by atoms with E-state index in [1.165, 1.54) is 6.26 Å². The highest BCUT2D eigenvalue weighted by Crippen LogP contribution is 2.29. The van der Waals surface area contributed by atoms with Crippen molar-refractivity contribution < 1.29 is 9.21 Å². The Labute approximate surface area is 97.7 Å². The zero-order valence-corrected chi connectivity index (χ0v) is 8.96. The first-order valence-electron chi connectivity index (χ1n) is 5.26. The number of nitrogens with zero attached hydrogens (tertiary/aromatic N) is 1. The van der Waals surface area contributed by atoms with Gasteiger partial charge in [-0.1, -0.05) is 24.3 Å². The topological polar surface area (TPSA) is 43.1 Å². The molecule has 0 saturated carbocycles. The van der Waals surface area contributed by atoms with Gasteiger partial charge in [0.15, 0.2) is 12.0 Å². The molecule has 0 radical (unpaired) electrons. The second-order valence-electron chi connectivity index (χ2n) is 3.72. The lowest BCUT2D eigenvalue weighted by molar-refractivity contribution is 0.110. The molecule has 3 heteroatoms. The fourth-order valence-electron chi connectivity index (χ4n) is 1.97. The van der Waals surface area contributed by atoms with Crippen molar-refractivity contribution in [1.29, 1.82) is 0 Å². The van der Waals surface area contributed by atoms with E-state index in [1.54, 1.807) is 18.5 Å². The van der Waals surface area contributed by atoms with Gasteiger partial charge in [0.25, 0.3) is 0 Å². The van der Waals surface area contributed by atoms with Crippen LogP contribution in [-0.2, 0) is 0 Å². The van der Waals surface area contributed by atoms with Crippen molar-refractivity contribution in [2.45, 2.75) is 0 Å². The highest BCUT2D eigenvalue weighted by molar-refractivity contribution is 5.99. The summed E-state index contributed by atoms with van der Waals surface area (Å²) in [7, 11) is 0. The Balaban J connectivity index is 2.34. The van der Waals surface area contributed by atoms with Crippen LogP contribution in [0.1, 0.15) is 10.6 Å². The molecule has 0 spiro atoms. The number of hydrogen-bond acceptors (Lipinski definition) is 3. The number of carbonyl (C=O) groups excluding carboxylic acids is 1. The van der Waals surface area contributed by atoms with Gasteiger partial charge in [-0.3, -0.25) is 9.78 Å². The fraction of sp³-hybridized carbons (Fsp3) is 0. The molecule has 2 aromatic heterocycles. The molecule has 82 valence electrons. The molecule has 0 aliphatic heterocycles. The van der Waals surface area contributed by atoms with E-state index >= 15 is 0 Å². The van der Waals surface area contributed by atoms with Gasteiger partial charge in [-0.15, -0.1) is 0 Å². The van der Waals surface area contributed by atoms with Gasteiger partial charge in [-0.05, 0) is 11.5 Å². The first-order chi connectivity index (χ1) is 8.40. The van der Waals surface area contributed by atoms with Crippen molar-refractivity contribution in [2.75, 3.05) is 0 Å². The lowest BCUT2D eigenvalue weighted by atomic mass is 10.0. The number of furan rings is 1. The quantitative estimate of drug-likeness (QED) is 0.626. The molecule has 17 heavy (non-hydrogen) atoms. The molecule has 0 unspecified atom stereocenters. The number of fused-ring (bicyclic) bond motifs is 1. The number of rotatable bonds is 2. The second kappa shape index (κ2) is 3.87. The maximum atomic E-state index is 10.9. The predicted octanol–water partition coefficient (Wildman–Crippen LogP) is 3.31. The summed E-state index contributed by atoms with van der Waals surface area (Å²) in [4.78, 5) is 15.1. The third-order valence-corrected chi connectivity index (χ3v) is 2.76. The third kappa shape index (κ3) is 1.52. The van der Waals surface area contributed by atoms with Gasteiger partial charge < -0.3 is 4.42 Å². The molecule has 0 saturated heterocycles. The number of benzene rings is 1. The summed E-state index contributed by atoms with van der Waals surface area (Å²) in [5.74, 6) is 0.336. The number of aromatic nitrogens is 1. The minimum Gasteiger partial charge on any atom is -0.461 e. The summed E-state index contributed by atoms with van der Waals surface area (Å²) in [5, 5.41) is 2.11. The van der Waals surface area contributed by atoms with Crippen molar-refractivity contribution in [3.63, 3.8) is 0 Å². The van der Waals surface area contributed by atoms with Crippen LogP contribution < -0.4 is 0 Å². The average molecular weight is 223 g/mol. The highest BCUT2D eigenvalue weighted by atomic mass is 16.3. The van der Waals surface area contributed by atoms with E-state index in [-0.39, 0.29) is 0 Å². The molecule has 0 amide bonds. The standard InChI is InChI=1S/C14H9NO2/c16-9-14-12(5-6-17-14)13-8-15-7-10-3-1-2-4-11(10)13/h1-9H. The zero-order valence-electron chi connectivity index (χ0n) is 8.96. The van der Waals surface area contributed by atoms with Gasteiger partial charge >= 0.3 is 0 Å². The lowest BCUT2D eigenvalue weighted by Gasteiger charge is -2.03. The molecule has 3 nitrogen and oxygen atoms in total. The van der Waals surface area contributed by atoms with Gasteiger partial charge in [0.2, 0.25) is 0 Å². The van der Waals surface area contributed by atoms with Crippen LogP contribution >= 0.6 is 0 Å². The first kappa shape index (κ1) is 9.78. The van der Waals surface area contributed by atoms with E-state index in [0.29, 0.717) is 5.76 Å². The maximum Gasteiger partial charge on any atom is 0.185 e. The molecule has 0 aliphatic rings. The molecule has 0 bridgehead atoms. The van der Waals surface area contributed by atoms with Crippen LogP contribution in [0, 0.1) is 0 Å². The normalized spacial score (nSPS) is 10.6. The molecule has 0 atom stereocenters. The van der Waals surface area contributed by atoms with Crippen LogP contribution in [0.25, 0.3) is 21.9 Å². The van der Waals surface area contributed by atoms with Gasteiger partial charge in [0.1, 0.15) is 0 Å². The largest absolute Gasteiger partial charge is 0.461 e. The van der Waals surface area contributed by atoms with Crippen molar-refractivity contribution in [1.82, 2.24) is 4.98 Å². The average Bonchev–Trinajstić information content (AvgIpc) is 2.86. The molecule has 3 rings (SSSR count). The maximum absolute atomic E-state index is 10.9. The van der Waals surface area contributed by atoms with Crippen molar-refractivity contribution in [3.8, 4) is 11.1 Å². The van der Waals surface area contributed by atoms with E-state index in [4.69, 9.17) is 4.42 Å². The van der Waals surface area contributed by atoms with Crippen LogP contribution in [-0.4, -0.2) is 11.3 Å². The lowest BCUT2D eigenvalue weighted by Crippen LogP contribution is -1.85. The van der Waals surface area contributed by atoms with Crippen LogP contribution in [0.2, 0.25) is 0 Å². The van der Waals surface area contributed by atoms with Crippen molar-refractivity contribution in [3.05, 3.63) is 54.7 Å². The Morgan fingerprint density at radius 1 is 1.06 bits per heavy atom. The van der Waals surface area contributed by atoms with E-state index < -0.39 is 0 Å². The predicted molar refractivity (Wildman–Crippen MR) is 64.8 cm³/mol. The van der Waals surface area contributed by atoms with E-state index in [1.807, 2.05) is 24.3 Å². The summed E-state index contributed by atoms with van der Waals surface area (Å²) in [6.07, 6.45) is 5.79. The Bertz CT molecular complexity index is 680. The van der Waals surface area contributed by atoms with Crippen LogP contribution in [0.5, 0.6) is 0 Å². The minimum atomic E-state index is 0.336. The summed E-state index contributed by atoms with van der Waals surface area (Å²) in [6.45, 7) is 0. The fourth-order valence-corrected chi connectivity index (χ4v) is 1.97. The summed E-state index contributed by atoms with van der Waals surface area (Å²) < 4.78 is 5.12. The summed E-state index contributed by atoms with van der Waals surface area (Å²) in [5.41, 5.74) is 1.70. The first-order valence-corrected chi connectivity index (χ1v) is 5.26. The van der Waals surface area contributed by atoms with Crippen LogP contribution in [0.4, 0.5) is 0 Å². The van der Waals surface area contributed by atoms with Crippen LogP contribution in [0.3, 0.4) is 0 Å². The highest BCUT2D eigenvalue weighted by Gasteiger charge is 2.10. The molecule has 3 aromatic rings. The zero-order chi connectivity index (χ0) is 11.7. The van der Waals surface area contributed by atoms with Gasteiger partial charge in [-0.2, -0.15) is 0 Å². The van der Waals surface area contributed by atoms with Crippen LogP contribution in [0.15, 0.2) is 53.4 Å². The van der Waals surface area contributed by atoms with Crippen molar-refractivity contribution >= 4 is 17.1 Å². The monoisotopic (exact) mass is 223 g/mol. The molecular formula is C14H9NO2. The molecule has 2 heterocycles. The summed E-state index contributed by atoms with van der Waals surface area (Å²) >= 11 is 0. The van der Waals surface area contributed by atoms with Gasteiger partial charge in [0, 0.05) is 28.9 Å². The molecule has 0 aliphatic carbocycles. The smallest absolute Gasteiger partial charge is 0.185 e. The number of pyridine rings is 1. The Kier molecular flexibility index (Phi) is 2.22. The molecular weight excluding hydrogens is 214 g/mol. The second-order valence-corrected chi connectivity index (χ2v) is 3.72. The third-order valence-electron chi connectivity index (χ3n) is 2.76. The van der Waals surface area contributed by atoms with E-state index in [2.05, 4.69) is 4.98 Å². The minimum absolute atomic E-state index is 0.336. The summed E-state index contributed by atoms with van der Waals surface area (Å²) in [6, 6.07) is 9.71. The van der Waals surface area contributed by atoms with E-state index in [0.717, 1.165) is 28.2 Å². The molecule has 0 fully saturated rings. The number of carbonyl (C=O) groups is 1. The molecule has 1 aromatic carbocycles. The number of aldehydes is 1. The Morgan fingerprint density at radius 2 is 1.94 bits per heavy atom. The van der Waals surface area contributed by atoms with E-state index in [9.17, 15) is 4.79 Å². The SMILES string of the molecule is O=Cc1occc1-c1cncc2ccccc12. The Hall–Kier alpha value is -2.42. The van der Waals surface area contributed by atoms with Crippen molar-refractivity contribution in [2.24, 2.45) is 0 Å². The Morgan fingerprint density at radius 3 is 2.82 bits per heavy atom. The number of hydrogen-bond donors (Lipinski definition) is 0. The molecule has 0 N–H and O–H groups in total.